The molecule has 0 aliphatic rings. The first-order valence-corrected chi connectivity index (χ1v) is 6.17. The maximum absolute atomic E-state index is 11.4. The van der Waals surface area contributed by atoms with Gasteiger partial charge in [0.2, 0.25) is 0 Å². The van der Waals surface area contributed by atoms with E-state index in [4.69, 9.17) is 11.6 Å². The Labute approximate surface area is 113 Å². The lowest BCUT2D eigenvalue weighted by Crippen LogP contribution is -2.46. The number of carbonyl (C=O) groups is 1. The van der Waals surface area contributed by atoms with Crippen LogP contribution in [-0.4, -0.2) is 26.6 Å². The number of aromatic nitrogens is 1. The summed E-state index contributed by atoms with van der Waals surface area (Å²) < 4.78 is 0. The van der Waals surface area contributed by atoms with Crippen LogP contribution in [-0.2, 0) is 0 Å². The van der Waals surface area contributed by atoms with E-state index in [0.717, 1.165) is 11.3 Å². The molecule has 1 aromatic rings. The number of hydrogen-bond donors (Lipinski definition) is 1. The van der Waals surface area contributed by atoms with Crippen molar-refractivity contribution in [1.29, 1.82) is 0 Å². The number of aryl methyl sites for hydroxylation is 1. The molecule has 1 atom stereocenters. The molecule has 5 heteroatoms. The standard InChI is InChI=1S/C13H19ClN2O2/c1-8-6-10(7-11(14)15-8)9(2)16(12(17)18)13(3,4)5/h6-7,9H,1-5H3,(H,17,18). The van der Waals surface area contributed by atoms with E-state index in [1.54, 1.807) is 6.07 Å². The SMILES string of the molecule is Cc1cc(C(C)N(C(=O)O)C(C)(C)C)cc(Cl)n1. The molecule has 1 rings (SSSR count). The lowest BCUT2D eigenvalue weighted by molar-refractivity contribution is 0.0752. The van der Waals surface area contributed by atoms with Gasteiger partial charge in [-0.3, -0.25) is 4.90 Å². The Balaban J connectivity index is 3.18. The Hall–Kier alpha value is -1.29. The van der Waals surface area contributed by atoms with Crippen molar-refractivity contribution in [3.05, 3.63) is 28.5 Å². The average Bonchev–Trinajstić information content (AvgIpc) is 2.12. The predicted molar refractivity (Wildman–Crippen MR) is 72.0 cm³/mol. The fourth-order valence-corrected chi connectivity index (χ4v) is 2.34. The summed E-state index contributed by atoms with van der Waals surface area (Å²) in [6.07, 6.45) is -0.944. The molecule has 0 radical (unpaired) electrons. The van der Waals surface area contributed by atoms with Gasteiger partial charge < -0.3 is 5.11 Å². The van der Waals surface area contributed by atoms with Crippen molar-refractivity contribution < 1.29 is 9.90 Å². The molecule has 0 saturated carbocycles. The van der Waals surface area contributed by atoms with Gasteiger partial charge in [-0.2, -0.15) is 0 Å². The van der Waals surface area contributed by atoms with E-state index in [1.165, 1.54) is 4.90 Å². The van der Waals surface area contributed by atoms with Crippen molar-refractivity contribution in [2.24, 2.45) is 0 Å². The summed E-state index contributed by atoms with van der Waals surface area (Å²) in [6, 6.07) is 3.29. The van der Waals surface area contributed by atoms with Gasteiger partial charge in [-0.05, 0) is 52.3 Å². The van der Waals surface area contributed by atoms with Crippen LogP contribution in [0.15, 0.2) is 12.1 Å². The third-order valence-corrected chi connectivity index (χ3v) is 2.94. The van der Waals surface area contributed by atoms with Crippen LogP contribution in [0.3, 0.4) is 0 Å². The van der Waals surface area contributed by atoms with Gasteiger partial charge in [-0.15, -0.1) is 0 Å². The summed E-state index contributed by atoms with van der Waals surface area (Å²) >= 11 is 5.92. The van der Waals surface area contributed by atoms with Gasteiger partial charge in [-0.25, -0.2) is 9.78 Å². The molecule has 4 nitrogen and oxygen atoms in total. The second-order valence-electron chi connectivity index (χ2n) is 5.36. The number of halogens is 1. The first kappa shape index (κ1) is 14.8. The minimum absolute atomic E-state index is 0.276. The summed E-state index contributed by atoms with van der Waals surface area (Å²) in [4.78, 5) is 16.9. The van der Waals surface area contributed by atoms with Crippen LogP contribution in [0, 0.1) is 6.92 Å². The fourth-order valence-electron chi connectivity index (χ4n) is 2.08. The van der Waals surface area contributed by atoms with Gasteiger partial charge in [0.25, 0.3) is 0 Å². The molecule has 100 valence electrons. The molecule has 0 aromatic carbocycles. The van der Waals surface area contributed by atoms with E-state index in [2.05, 4.69) is 4.98 Å². The lowest BCUT2D eigenvalue weighted by Gasteiger charge is -2.38. The molecular weight excluding hydrogens is 252 g/mol. The molecule has 0 bridgehead atoms. The Kier molecular flexibility index (Phi) is 4.22. The highest BCUT2D eigenvalue weighted by molar-refractivity contribution is 6.29. The van der Waals surface area contributed by atoms with Crippen molar-refractivity contribution in [2.45, 2.75) is 46.2 Å². The van der Waals surface area contributed by atoms with Gasteiger partial charge >= 0.3 is 6.09 Å². The van der Waals surface area contributed by atoms with Crippen LogP contribution in [0.25, 0.3) is 0 Å². The number of nitrogens with zero attached hydrogens (tertiary/aromatic N) is 2. The molecular formula is C13H19ClN2O2. The zero-order chi connectivity index (χ0) is 14.1. The number of rotatable bonds is 2. The van der Waals surface area contributed by atoms with Gasteiger partial charge in [0.05, 0.1) is 6.04 Å². The van der Waals surface area contributed by atoms with Crippen molar-refractivity contribution in [2.75, 3.05) is 0 Å². The average molecular weight is 271 g/mol. The van der Waals surface area contributed by atoms with Crippen molar-refractivity contribution in [1.82, 2.24) is 9.88 Å². The molecule has 1 N–H and O–H groups in total. The highest BCUT2D eigenvalue weighted by Gasteiger charge is 2.31. The highest BCUT2D eigenvalue weighted by atomic mass is 35.5. The summed E-state index contributed by atoms with van der Waals surface area (Å²) in [5.74, 6) is 0. The maximum atomic E-state index is 11.4. The van der Waals surface area contributed by atoms with Crippen LogP contribution in [0.5, 0.6) is 0 Å². The minimum Gasteiger partial charge on any atom is -0.465 e. The third-order valence-electron chi connectivity index (χ3n) is 2.74. The predicted octanol–water partition coefficient (Wildman–Crippen LogP) is 3.88. The van der Waals surface area contributed by atoms with Gasteiger partial charge in [0.1, 0.15) is 5.15 Å². The van der Waals surface area contributed by atoms with Crippen LogP contribution in [0.4, 0.5) is 4.79 Å². The number of amides is 1. The van der Waals surface area contributed by atoms with Crippen molar-refractivity contribution in [3.8, 4) is 0 Å². The van der Waals surface area contributed by atoms with E-state index < -0.39 is 11.6 Å². The molecule has 0 aliphatic carbocycles. The second kappa shape index (κ2) is 5.14. The first-order chi connectivity index (χ1) is 8.12. The molecule has 0 spiro atoms. The zero-order valence-electron chi connectivity index (χ0n) is 11.4. The lowest BCUT2D eigenvalue weighted by atomic mass is 10.00. The minimum atomic E-state index is -0.944. The van der Waals surface area contributed by atoms with Crippen molar-refractivity contribution >= 4 is 17.7 Å². The van der Waals surface area contributed by atoms with Gasteiger partial charge in [0.15, 0.2) is 0 Å². The number of carboxylic acid groups (broad SMARTS) is 1. The normalized spacial score (nSPS) is 13.2. The first-order valence-electron chi connectivity index (χ1n) is 5.79. The summed E-state index contributed by atoms with van der Waals surface area (Å²) in [6.45, 7) is 9.29. The molecule has 1 heterocycles. The highest BCUT2D eigenvalue weighted by Crippen LogP contribution is 2.29. The van der Waals surface area contributed by atoms with Gasteiger partial charge in [0, 0.05) is 11.2 Å². The molecule has 1 aromatic heterocycles. The molecule has 1 unspecified atom stereocenters. The van der Waals surface area contributed by atoms with Crippen LogP contribution in [0.2, 0.25) is 5.15 Å². The number of pyridine rings is 1. The van der Waals surface area contributed by atoms with E-state index in [0.29, 0.717) is 5.15 Å². The quantitative estimate of drug-likeness (QED) is 0.830. The second-order valence-corrected chi connectivity index (χ2v) is 5.75. The van der Waals surface area contributed by atoms with E-state index in [-0.39, 0.29) is 6.04 Å². The van der Waals surface area contributed by atoms with Crippen LogP contribution < -0.4 is 0 Å². The number of hydrogen-bond acceptors (Lipinski definition) is 2. The Morgan fingerprint density at radius 1 is 1.44 bits per heavy atom. The zero-order valence-corrected chi connectivity index (χ0v) is 12.1. The maximum Gasteiger partial charge on any atom is 0.408 e. The van der Waals surface area contributed by atoms with E-state index in [1.807, 2.05) is 40.7 Å². The summed E-state index contributed by atoms with van der Waals surface area (Å²) in [7, 11) is 0. The third kappa shape index (κ3) is 3.35. The largest absolute Gasteiger partial charge is 0.465 e. The van der Waals surface area contributed by atoms with Crippen molar-refractivity contribution in [3.63, 3.8) is 0 Å². The monoisotopic (exact) mass is 270 g/mol. The smallest absolute Gasteiger partial charge is 0.408 e. The molecule has 0 aliphatic heterocycles. The molecule has 1 amide bonds. The van der Waals surface area contributed by atoms with Crippen LogP contribution in [0.1, 0.15) is 45.0 Å². The fraction of sp³-hybridized carbons (Fsp3) is 0.538. The molecule has 18 heavy (non-hydrogen) atoms. The summed E-state index contributed by atoms with van der Waals surface area (Å²) in [5, 5.41) is 9.74. The molecule has 0 saturated heterocycles. The Morgan fingerprint density at radius 3 is 2.39 bits per heavy atom. The van der Waals surface area contributed by atoms with Crippen LogP contribution >= 0.6 is 11.6 Å². The van der Waals surface area contributed by atoms with Gasteiger partial charge in [-0.1, -0.05) is 11.6 Å². The Morgan fingerprint density at radius 2 is 2.00 bits per heavy atom. The summed E-state index contributed by atoms with van der Waals surface area (Å²) in [5.41, 5.74) is 1.16. The van der Waals surface area contributed by atoms with E-state index >= 15 is 0 Å². The Bertz CT molecular complexity index is 435. The van der Waals surface area contributed by atoms with E-state index in [9.17, 15) is 9.90 Å². The topological polar surface area (TPSA) is 53.4 Å². The molecule has 0 fully saturated rings.